The summed E-state index contributed by atoms with van der Waals surface area (Å²) in [4.78, 5) is 17.2. The van der Waals surface area contributed by atoms with Gasteiger partial charge in [-0.3, -0.25) is 0 Å². The fourth-order valence-electron chi connectivity index (χ4n) is 3.88. The van der Waals surface area contributed by atoms with Gasteiger partial charge in [-0.2, -0.15) is 13.2 Å². The number of hydrogen-bond acceptors (Lipinski definition) is 5. The number of carboxylic acids is 1. The van der Waals surface area contributed by atoms with E-state index in [0.29, 0.717) is 39.0 Å². The number of alkyl halides is 3. The minimum Gasteiger partial charge on any atom is -0.482 e. The first kappa shape index (κ1) is 28.9. The second-order valence-electron chi connectivity index (χ2n) is 8.70. The molecule has 0 amide bonds. The van der Waals surface area contributed by atoms with E-state index in [1.54, 1.807) is 13.0 Å². The number of rotatable bonds is 9. The van der Waals surface area contributed by atoms with E-state index in [1.165, 1.54) is 53.4 Å². The molecule has 4 nitrogen and oxygen atoms in total. The van der Waals surface area contributed by atoms with Crippen LogP contribution in [0.25, 0.3) is 10.6 Å². The standard InChI is InChI=1S/C28H22ClF4NO3S2/c1-15-11-21(8-10-23(15)37-14-25(35)36)38-24(13-18-12-20(30)7-9-22(18)29)26-16(2)34-27(39-26)17-3-5-19(6-4-17)28(31,32)33/h3-12,24H,13-14H2,1-2H3,(H,35,36). The van der Waals surface area contributed by atoms with Gasteiger partial charge in [0.2, 0.25) is 0 Å². The van der Waals surface area contributed by atoms with Gasteiger partial charge in [-0.05, 0) is 79.9 Å². The summed E-state index contributed by atoms with van der Waals surface area (Å²) in [6.07, 6.45) is -4.06. The molecule has 1 atom stereocenters. The molecule has 0 aliphatic carbocycles. The largest absolute Gasteiger partial charge is 0.482 e. The SMILES string of the molecule is Cc1cc(SC(Cc2cc(F)ccc2Cl)c2sc(-c3ccc(C(F)(F)F)cc3)nc2C)ccc1OCC(=O)O. The van der Waals surface area contributed by atoms with Gasteiger partial charge in [-0.15, -0.1) is 23.1 Å². The fourth-order valence-corrected chi connectivity index (χ4v) is 6.68. The second-order valence-corrected chi connectivity index (χ2v) is 11.4. The molecule has 0 aliphatic heterocycles. The molecule has 4 rings (SSSR count). The van der Waals surface area contributed by atoms with E-state index >= 15 is 0 Å². The van der Waals surface area contributed by atoms with Crippen molar-refractivity contribution in [3.63, 3.8) is 0 Å². The molecule has 1 unspecified atom stereocenters. The van der Waals surface area contributed by atoms with Crippen LogP contribution in [0.15, 0.2) is 65.6 Å². The third-order valence-corrected chi connectivity index (χ3v) is 8.82. The summed E-state index contributed by atoms with van der Waals surface area (Å²) in [5.74, 6) is -1.05. The summed E-state index contributed by atoms with van der Waals surface area (Å²) < 4.78 is 58.4. The van der Waals surface area contributed by atoms with Crippen molar-refractivity contribution in [1.82, 2.24) is 4.98 Å². The first-order chi connectivity index (χ1) is 18.4. The number of thiazole rings is 1. The van der Waals surface area contributed by atoms with E-state index in [4.69, 9.17) is 21.4 Å². The van der Waals surface area contributed by atoms with Crippen molar-refractivity contribution in [3.05, 3.63) is 98.8 Å². The molecular weight excluding hydrogens is 574 g/mol. The zero-order chi connectivity index (χ0) is 28.3. The lowest BCUT2D eigenvalue weighted by Crippen LogP contribution is -2.10. The van der Waals surface area contributed by atoms with Gasteiger partial charge >= 0.3 is 12.1 Å². The van der Waals surface area contributed by atoms with Crippen LogP contribution in [0.5, 0.6) is 5.75 Å². The molecule has 0 saturated heterocycles. The molecule has 1 N–H and O–H groups in total. The highest BCUT2D eigenvalue weighted by Crippen LogP contribution is 2.45. The van der Waals surface area contributed by atoms with E-state index in [-0.39, 0.29) is 5.25 Å². The number of carboxylic acid groups (broad SMARTS) is 1. The molecule has 4 aromatic rings. The molecule has 39 heavy (non-hydrogen) atoms. The third kappa shape index (κ3) is 7.32. The van der Waals surface area contributed by atoms with Gasteiger partial charge < -0.3 is 9.84 Å². The van der Waals surface area contributed by atoms with Crippen molar-refractivity contribution in [2.75, 3.05) is 6.61 Å². The Kier molecular flexibility index (Phi) is 8.88. The summed E-state index contributed by atoms with van der Waals surface area (Å²) in [7, 11) is 0. The zero-order valence-corrected chi connectivity index (χ0v) is 23.1. The van der Waals surface area contributed by atoms with Crippen LogP contribution in [-0.2, 0) is 17.4 Å². The van der Waals surface area contributed by atoms with Crippen LogP contribution in [0.2, 0.25) is 5.02 Å². The fraction of sp³-hybridized carbons (Fsp3) is 0.214. The van der Waals surface area contributed by atoms with Gasteiger partial charge in [0.15, 0.2) is 6.61 Å². The zero-order valence-electron chi connectivity index (χ0n) is 20.7. The Morgan fingerprint density at radius 3 is 2.46 bits per heavy atom. The smallest absolute Gasteiger partial charge is 0.416 e. The third-order valence-electron chi connectivity index (χ3n) is 5.77. The first-order valence-electron chi connectivity index (χ1n) is 11.6. The summed E-state index contributed by atoms with van der Waals surface area (Å²) in [5.41, 5.74) is 1.88. The van der Waals surface area contributed by atoms with Crippen molar-refractivity contribution in [1.29, 1.82) is 0 Å². The number of halogens is 5. The number of thioether (sulfide) groups is 1. The number of carbonyl (C=O) groups is 1. The topological polar surface area (TPSA) is 59.4 Å². The molecule has 1 heterocycles. The van der Waals surface area contributed by atoms with Crippen LogP contribution in [0.4, 0.5) is 17.6 Å². The average molecular weight is 596 g/mol. The van der Waals surface area contributed by atoms with Gasteiger partial charge in [0.25, 0.3) is 0 Å². The quantitative estimate of drug-likeness (QED) is 0.155. The van der Waals surface area contributed by atoms with Crippen LogP contribution in [0.1, 0.15) is 32.5 Å². The highest BCUT2D eigenvalue weighted by atomic mass is 35.5. The van der Waals surface area contributed by atoms with E-state index in [1.807, 2.05) is 19.1 Å². The van der Waals surface area contributed by atoms with Crippen LogP contribution < -0.4 is 4.74 Å². The molecule has 11 heteroatoms. The highest BCUT2D eigenvalue weighted by molar-refractivity contribution is 7.99. The van der Waals surface area contributed by atoms with Crippen LogP contribution in [0, 0.1) is 19.7 Å². The summed E-state index contributed by atoms with van der Waals surface area (Å²) in [6.45, 7) is 3.18. The molecule has 0 saturated carbocycles. The lowest BCUT2D eigenvalue weighted by Gasteiger charge is -2.18. The van der Waals surface area contributed by atoms with E-state index in [0.717, 1.165) is 27.5 Å². The van der Waals surface area contributed by atoms with Gasteiger partial charge in [-0.1, -0.05) is 23.7 Å². The predicted octanol–water partition coefficient (Wildman–Crippen LogP) is 8.78. The van der Waals surface area contributed by atoms with Gasteiger partial charge in [-0.25, -0.2) is 14.2 Å². The van der Waals surface area contributed by atoms with E-state index in [9.17, 15) is 22.4 Å². The molecule has 0 spiro atoms. The number of benzene rings is 3. The van der Waals surface area contributed by atoms with Gasteiger partial charge in [0.1, 0.15) is 16.6 Å². The number of aliphatic carboxylic acids is 1. The first-order valence-corrected chi connectivity index (χ1v) is 13.7. The van der Waals surface area contributed by atoms with Gasteiger partial charge in [0, 0.05) is 25.6 Å². The minimum atomic E-state index is -4.43. The predicted molar refractivity (Wildman–Crippen MR) is 145 cm³/mol. The maximum atomic E-state index is 14.1. The molecule has 0 aliphatic rings. The maximum absolute atomic E-state index is 14.1. The number of hydrogen-bond donors (Lipinski definition) is 1. The molecule has 3 aromatic carbocycles. The van der Waals surface area contributed by atoms with E-state index in [2.05, 4.69) is 4.98 Å². The van der Waals surface area contributed by atoms with Crippen molar-refractivity contribution in [3.8, 4) is 16.3 Å². The Morgan fingerprint density at radius 2 is 1.82 bits per heavy atom. The molecule has 1 aromatic heterocycles. The number of aryl methyl sites for hydroxylation is 2. The van der Waals surface area contributed by atoms with Crippen molar-refractivity contribution in [2.24, 2.45) is 0 Å². The molecule has 204 valence electrons. The Hall–Kier alpha value is -3.08. The van der Waals surface area contributed by atoms with Crippen LogP contribution >= 0.6 is 34.7 Å². The van der Waals surface area contributed by atoms with Crippen LogP contribution in [0.3, 0.4) is 0 Å². The Balaban J connectivity index is 1.68. The number of ether oxygens (including phenoxy) is 1. The average Bonchev–Trinajstić information content (AvgIpc) is 3.26. The van der Waals surface area contributed by atoms with Crippen LogP contribution in [-0.4, -0.2) is 22.7 Å². The number of nitrogens with zero attached hydrogens (tertiary/aromatic N) is 1. The van der Waals surface area contributed by atoms with Crippen molar-refractivity contribution >= 4 is 40.7 Å². The number of aromatic nitrogens is 1. The monoisotopic (exact) mass is 595 g/mol. The normalized spacial score (nSPS) is 12.4. The molecule has 0 radical (unpaired) electrons. The Bertz CT molecular complexity index is 1490. The molecular formula is C28H22ClF4NO3S2. The summed E-state index contributed by atoms with van der Waals surface area (Å²) in [5, 5.41) is 9.62. The van der Waals surface area contributed by atoms with E-state index < -0.39 is 30.1 Å². The molecule has 0 fully saturated rings. The lowest BCUT2D eigenvalue weighted by atomic mass is 10.1. The van der Waals surface area contributed by atoms with Gasteiger partial charge in [0.05, 0.1) is 11.3 Å². The highest BCUT2D eigenvalue weighted by Gasteiger charge is 2.30. The molecule has 0 bridgehead atoms. The summed E-state index contributed by atoms with van der Waals surface area (Å²) >= 11 is 9.24. The van der Waals surface area contributed by atoms with Crippen molar-refractivity contribution in [2.45, 2.75) is 36.6 Å². The second kappa shape index (κ2) is 12.0. The Labute approximate surface area is 235 Å². The Morgan fingerprint density at radius 1 is 1.10 bits per heavy atom. The van der Waals surface area contributed by atoms with Crippen molar-refractivity contribution < 1.29 is 32.2 Å². The lowest BCUT2D eigenvalue weighted by molar-refractivity contribution is -0.139. The minimum absolute atomic E-state index is 0.254. The maximum Gasteiger partial charge on any atom is 0.416 e. The summed E-state index contributed by atoms with van der Waals surface area (Å²) in [6, 6.07) is 14.4.